The Bertz CT molecular complexity index is 527. The summed E-state index contributed by atoms with van der Waals surface area (Å²) in [6, 6.07) is 4.25. The summed E-state index contributed by atoms with van der Waals surface area (Å²) >= 11 is 11.0. The molecule has 2 nitrogen and oxygen atoms in total. The number of aryl methyl sites for hydroxylation is 1. The lowest BCUT2D eigenvalue weighted by atomic mass is 10.2. The zero-order chi connectivity index (χ0) is 12.4. The Labute approximate surface area is 118 Å². The fourth-order valence-electron chi connectivity index (χ4n) is 1.53. The van der Waals surface area contributed by atoms with Crippen molar-refractivity contribution in [3.63, 3.8) is 0 Å². The van der Waals surface area contributed by atoms with Gasteiger partial charge in [0.2, 0.25) is 0 Å². The first-order valence-electron chi connectivity index (χ1n) is 5.19. The van der Waals surface area contributed by atoms with Crippen LogP contribution in [0.15, 0.2) is 28.2 Å². The number of nitrogens with one attached hydrogen (secondary N) is 1. The molecular weight excluding hydrogens is 320 g/mol. The Morgan fingerprint density at radius 3 is 2.82 bits per heavy atom. The second-order valence-corrected chi connectivity index (χ2v) is 6.10. The summed E-state index contributed by atoms with van der Waals surface area (Å²) in [4.78, 5) is 5.37. The molecule has 2 aromatic rings. The number of thiophene rings is 1. The number of hydrogen-bond donors (Lipinski definition) is 1. The first kappa shape index (κ1) is 12.9. The second kappa shape index (κ2) is 5.38. The molecule has 17 heavy (non-hydrogen) atoms. The van der Waals surface area contributed by atoms with E-state index in [1.807, 2.05) is 13.0 Å². The van der Waals surface area contributed by atoms with E-state index in [1.54, 1.807) is 17.5 Å². The molecule has 1 atom stereocenters. The predicted molar refractivity (Wildman–Crippen MR) is 78.0 cm³/mol. The average Bonchev–Trinajstić information content (AvgIpc) is 2.69. The molecule has 0 amide bonds. The molecule has 0 spiro atoms. The van der Waals surface area contributed by atoms with Crippen molar-refractivity contribution in [1.29, 1.82) is 0 Å². The maximum Gasteiger partial charge on any atom is 0.129 e. The smallest absolute Gasteiger partial charge is 0.129 e. The molecule has 0 aromatic carbocycles. The van der Waals surface area contributed by atoms with E-state index in [0.717, 1.165) is 15.7 Å². The highest BCUT2D eigenvalue weighted by Crippen LogP contribution is 2.29. The van der Waals surface area contributed by atoms with E-state index in [0.29, 0.717) is 5.15 Å². The highest BCUT2D eigenvalue weighted by atomic mass is 79.9. The van der Waals surface area contributed by atoms with E-state index in [9.17, 15) is 0 Å². The Morgan fingerprint density at radius 2 is 2.24 bits per heavy atom. The molecule has 0 aliphatic carbocycles. The minimum Gasteiger partial charge on any atom is -0.376 e. The Balaban J connectivity index is 2.15. The second-order valence-electron chi connectivity index (χ2n) is 3.86. The zero-order valence-corrected chi connectivity index (χ0v) is 12.7. The third kappa shape index (κ3) is 3.21. The van der Waals surface area contributed by atoms with Crippen LogP contribution in [-0.2, 0) is 0 Å². The van der Waals surface area contributed by atoms with Crippen molar-refractivity contribution in [2.45, 2.75) is 19.9 Å². The van der Waals surface area contributed by atoms with Gasteiger partial charge in [-0.05, 0) is 47.5 Å². The van der Waals surface area contributed by atoms with E-state index >= 15 is 0 Å². The van der Waals surface area contributed by atoms with Crippen molar-refractivity contribution in [2.75, 3.05) is 5.32 Å². The van der Waals surface area contributed by atoms with Crippen LogP contribution < -0.4 is 5.32 Å². The highest BCUT2D eigenvalue weighted by Gasteiger charge is 2.09. The third-order valence-electron chi connectivity index (χ3n) is 2.46. The molecule has 0 aliphatic heterocycles. The summed E-state index contributed by atoms with van der Waals surface area (Å²) in [6.07, 6.45) is 1.77. The lowest BCUT2D eigenvalue weighted by molar-refractivity contribution is 0.902. The summed E-state index contributed by atoms with van der Waals surface area (Å²) in [5.74, 6) is 0. The van der Waals surface area contributed by atoms with Crippen LogP contribution in [0.2, 0.25) is 5.15 Å². The van der Waals surface area contributed by atoms with E-state index in [1.165, 1.54) is 4.88 Å². The maximum atomic E-state index is 5.83. The van der Waals surface area contributed by atoms with E-state index in [2.05, 4.69) is 44.6 Å². The van der Waals surface area contributed by atoms with Crippen molar-refractivity contribution < 1.29 is 0 Å². The van der Waals surface area contributed by atoms with Crippen molar-refractivity contribution in [1.82, 2.24) is 4.98 Å². The topological polar surface area (TPSA) is 24.9 Å². The van der Waals surface area contributed by atoms with Crippen LogP contribution in [0.4, 0.5) is 5.69 Å². The molecule has 5 heteroatoms. The summed E-state index contributed by atoms with van der Waals surface area (Å²) < 4.78 is 1.12. The number of rotatable bonds is 3. The number of nitrogens with zero attached hydrogens (tertiary/aromatic N) is 1. The van der Waals surface area contributed by atoms with Gasteiger partial charge < -0.3 is 5.32 Å². The number of hydrogen-bond acceptors (Lipinski definition) is 3. The van der Waals surface area contributed by atoms with Gasteiger partial charge in [-0.1, -0.05) is 11.6 Å². The SMILES string of the molecule is Cc1cc(Cl)ncc1NC(C)c1cc(Br)cs1. The van der Waals surface area contributed by atoms with Crippen LogP contribution in [0.5, 0.6) is 0 Å². The lowest BCUT2D eigenvalue weighted by Crippen LogP contribution is -2.06. The molecule has 1 N–H and O–H groups in total. The number of pyridine rings is 1. The van der Waals surface area contributed by atoms with Crippen LogP contribution in [-0.4, -0.2) is 4.98 Å². The fourth-order valence-corrected chi connectivity index (χ4v) is 3.20. The number of halogens is 2. The van der Waals surface area contributed by atoms with Gasteiger partial charge in [-0.3, -0.25) is 0 Å². The molecule has 0 aliphatic rings. The Kier molecular flexibility index (Phi) is 4.07. The van der Waals surface area contributed by atoms with E-state index in [4.69, 9.17) is 11.6 Å². The zero-order valence-electron chi connectivity index (χ0n) is 9.50. The third-order valence-corrected chi connectivity index (χ3v) is 4.55. The predicted octanol–water partition coefficient (Wildman–Crippen LogP) is 5.04. The van der Waals surface area contributed by atoms with Crippen molar-refractivity contribution in [2.24, 2.45) is 0 Å². The van der Waals surface area contributed by atoms with Gasteiger partial charge in [-0.25, -0.2) is 4.98 Å². The molecule has 0 saturated carbocycles. The molecule has 90 valence electrons. The van der Waals surface area contributed by atoms with Gasteiger partial charge in [0, 0.05) is 14.7 Å². The largest absolute Gasteiger partial charge is 0.376 e. The molecular formula is C12H12BrClN2S. The monoisotopic (exact) mass is 330 g/mol. The van der Waals surface area contributed by atoms with Gasteiger partial charge in [-0.2, -0.15) is 0 Å². The van der Waals surface area contributed by atoms with Gasteiger partial charge in [0.15, 0.2) is 0 Å². The lowest BCUT2D eigenvalue weighted by Gasteiger charge is -2.15. The van der Waals surface area contributed by atoms with Gasteiger partial charge in [-0.15, -0.1) is 11.3 Å². The maximum absolute atomic E-state index is 5.83. The minimum atomic E-state index is 0.257. The summed E-state index contributed by atoms with van der Waals surface area (Å²) in [7, 11) is 0. The van der Waals surface area contributed by atoms with Crippen LogP contribution in [0.1, 0.15) is 23.4 Å². The molecule has 2 aromatic heterocycles. The van der Waals surface area contributed by atoms with E-state index < -0.39 is 0 Å². The number of aromatic nitrogens is 1. The molecule has 1 unspecified atom stereocenters. The molecule has 2 heterocycles. The summed E-state index contributed by atoms with van der Waals surface area (Å²) in [5.41, 5.74) is 2.12. The van der Waals surface area contributed by atoms with Crippen molar-refractivity contribution in [3.8, 4) is 0 Å². The molecule has 0 bridgehead atoms. The minimum absolute atomic E-state index is 0.257. The first-order chi connectivity index (χ1) is 8.06. The van der Waals surface area contributed by atoms with Gasteiger partial charge in [0.05, 0.1) is 17.9 Å². The molecule has 0 saturated heterocycles. The van der Waals surface area contributed by atoms with Crippen molar-refractivity contribution in [3.05, 3.63) is 43.8 Å². The quantitative estimate of drug-likeness (QED) is 0.797. The van der Waals surface area contributed by atoms with Crippen LogP contribution in [0.25, 0.3) is 0 Å². The van der Waals surface area contributed by atoms with Gasteiger partial charge in [0.1, 0.15) is 5.15 Å². The summed E-state index contributed by atoms with van der Waals surface area (Å²) in [6.45, 7) is 4.15. The average molecular weight is 332 g/mol. The van der Waals surface area contributed by atoms with Crippen molar-refractivity contribution >= 4 is 44.6 Å². The number of anilines is 1. The molecule has 0 fully saturated rings. The molecule has 2 rings (SSSR count). The molecule has 0 radical (unpaired) electrons. The highest BCUT2D eigenvalue weighted by molar-refractivity contribution is 9.10. The van der Waals surface area contributed by atoms with Gasteiger partial charge >= 0.3 is 0 Å². The fraction of sp³-hybridized carbons (Fsp3) is 0.250. The van der Waals surface area contributed by atoms with Gasteiger partial charge in [0.25, 0.3) is 0 Å². The Morgan fingerprint density at radius 1 is 1.47 bits per heavy atom. The first-order valence-corrected chi connectivity index (χ1v) is 7.24. The van der Waals surface area contributed by atoms with Crippen LogP contribution in [0.3, 0.4) is 0 Å². The Hall–Kier alpha value is -0.580. The van der Waals surface area contributed by atoms with E-state index in [-0.39, 0.29) is 6.04 Å². The standard InChI is InChI=1S/C12H12BrClN2S/c1-7-3-12(14)15-5-10(7)16-8(2)11-4-9(13)6-17-11/h3-6,8,16H,1-2H3. The van der Waals surface area contributed by atoms with Crippen LogP contribution in [0, 0.1) is 6.92 Å². The normalized spacial score (nSPS) is 12.5. The summed E-state index contributed by atoms with van der Waals surface area (Å²) in [5, 5.41) is 6.05. The van der Waals surface area contributed by atoms with Crippen LogP contribution >= 0.6 is 38.9 Å².